The molecule has 2 fully saturated rings. The number of fused-ring (bicyclic) bond motifs is 4. The molecule has 0 aromatic carbocycles. The molecular formula is C20H30O2. The van der Waals surface area contributed by atoms with Crippen LogP contribution in [0.2, 0.25) is 0 Å². The summed E-state index contributed by atoms with van der Waals surface area (Å²) in [4.78, 5) is 0. The van der Waals surface area contributed by atoms with Crippen LogP contribution in [0.25, 0.3) is 0 Å². The van der Waals surface area contributed by atoms with E-state index in [1.807, 2.05) is 0 Å². The first kappa shape index (κ1) is 14.8. The third kappa shape index (κ3) is 1.95. The average molecular weight is 302 g/mol. The van der Waals surface area contributed by atoms with Gasteiger partial charge in [-0.25, -0.2) is 0 Å². The second kappa shape index (κ2) is 5.12. The Morgan fingerprint density at radius 2 is 2.09 bits per heavy atom. The minimum absolute atomic E-state index is 0.0626. The molecule has 2 nitrogen and oxygen atoms in total. The normalized spacial score (nSPS) is 47.5. The Hall–Kier alpha value is -0.760. The van der Waals surface area contributed by atoms with Crippen molar-refractivity contribution < 1.29 is 9.84 Å². The van der Waals surface area contributed by atoms with E-state index in [0.29, 0.717) is 0 Å². The molecule has 22 heavy (non-hydrogen) atoms. The Labute approximate surface area is 134 Å². The summed E-state index contributed by atoms with van der Waals surface area (Å²) in [6.45, 7) is 4.83. The zero-order chi connectivity index (χ0) is 15.5. The summed E-state index contributed by atoms with van der Waals surface area (Å²) in [7, 11) is 1.80. The zero-order valence-corrected chi connectivity index (χ0v) is 14.3. The molecule has 2 saturated carbocycles. The molecule has 0 aliphatic heterocycles. The molecule has 0 radical (unpaired) electrons. The van der Waals surface area contributed by atoms with E-state index < -0.39 is 0 Å². The lowest BCUT2D eigenvalue weighted by molar-refractivity contribution is -0.0454. The van der Waals surface area contributed by atoms with Crippen LogP contribution < -0.4 is 0 Å². The van der Waals surface area contributed by atoms with Crippen molar-refractivity contribution in [2.75, 3.05) is 7.11 Å². The van der Waals surface area contributed by atoms with Crippen molar-refractivity contribution in [3.05, 3.63) is 23.0 Å². The van der Waals surface area contributed by atoms with Crippen LogP contribution in [0.4, 0.5) is 0 Å². The molecule has 1 N–H and O–H groups in total. The minimum Gasteiger partial charge on any atom is -0.501 e. The molecule has 4 aliphatic carbocycles. The molecule has 122 valence electrons. The van der Waals surface area contributed by atoms with Crippen LogP contribution in [0.15, 0.2) is 23.0 Å². The number of rotatable bonds is 1. The third-order valence-electron chi connectivity index (χ3n) is 7.61. The summed E-state index contributed by atoms with van der Waals surface area (Å²) in [5.41, 5.74) is 3.61. The van der Waals surface area contributed by atoms with Gasteiger partial charge >= 0.3 is 0 Å². The second-order valence-corrected chi connectivity index (χ2v) is 8.49. The van der Waals surface area contributed by atoms with E-state index in [2.05, 4.69) is 19.9 Å². The van der Waals surface area contributed by atoms with E-state index >= 15 is 0 Å². The van der Waals surface area contributed by atoms with E-state index in [9.17, 15) is 5.11 Å². The SMILES string of the molecule is COC1=CCC2=C(C1)C[C@@H](C)[C@H]1[C@H]3CC[C@H](O)[C@@]3(C)CC[C@@H]21. The Morgan fingerprint density at radius 1 is 1.27 bits per heavy atom. The number of aliphatic hydroxyl groups excluding tert-OH is 1. The summed E-state index contributed by atoms with van der Waals surface area (Å²) in [6, 6.07) is 0. The Morgan fingerprint density at radius 3 is 2.86 bits per heavy atom. The Balaban J connectivity index is 1.66. The summed E-state index contributed by atoms with van der Waals surface area (Å²) in [5, 5.41) is 10.5. The number of ether oxygens (including phenoxy) is 1. The molecule has 4 rings (SSSR count). The van der Waals surface area contributed by atoms with Gasteiger partial charge in [0, 0.05) is 6.42 Å². The van der Waals surface area contributed by atoms with Crippen LogP contribution in [0.1, 0.15) is 58.8 Å². The van der Waals surface area contributed by atoms with Gasteiger partial charge in [-0.3, -0.25) is 0 Å². The van der Waals surface area contributed by atoms with Crippen LogP contribution in [0.5, 0.6) is 0 Å². The van der Waals surface area contributed by atoms with Crippen molar-refractivity contribution >= 4 is 0 Å². The van der Waals surface area contributed by atoms with Crippen LogP contribution in [0, 0.1) is 29.1 Å². The maximum absolute atomic E-state index is 10.5. The lowest BCUT2D eigenvalue weighted by Crippen LogP contribution is -2.47. The molecule has 0 spiro atoms. The smallest absolute Gasteiger partial charge is 0.0959 e. The van der Waals surface area contributed by atoms with Gasteiger partial charge in [0.1, 0.15) is 0 Å². The van der Waals surface area contributed by atoms with Crippen molar-refractivity contribution in [2.45, 2.75) is 64.9 Å². The number of hydrogen-bond acceptors (Lipinski definition) is 2. The topological polar surface area (TPSA) is 29.5 Å². The van der Waals surface area contributed by atoms with Gasteiger partial charge in [-0.1, -0.05) is 25.0 Å². The molecule has 0 aromatic heterocycles. The fourth-order valence-electron chi connectivity index (χ4n) is 6.43. The summed E-state index contributed by atoms with van der Waals surface area (Å²) in [6.07, 6.45) is 10.4. The standard InChI is InChI=1S/C20H30O2/c1-12-10-13-11-14(22-3)4-5-15(13)16-8-9-20(2)17(19(12)16)6-7-18(20)21/h4,12,16-19,21H,5-11H2,1-3H3/t12-,16+,17-,18+,19-,20+/m1/s1. The molecular weight excluding hydrogens is 272 g/mol. The predicted molar refractivity (Wildman–Crippen MR) is 88.2 cm³/mol. The van der Waals surface area contributed by atoms with Crippen LogP contribution in [-0.4, -0.2) is 18.3 Å². The number of aliphatic hydroxyl groups is 1. The molecule has 4 aliphatic rings. The van der Waals surface area contributed by atoms with Crippen molar-refractivity contribution in [3.8, 4) is 0 Å². The molecule has 2 heteroatoms. The first-order valence-corrected chi connectivity index (χ1v) is 9.16. The van der Waals surface area contributed by atoms with E-state index in [0.717, 1.165) is 42.9 Å². The van der Waals surface area contributed by atoms with Gasteiger partial charge in [-0.2, -0.15) is 0 Å². The maximum Gasteiger partial charge on any atom is 0.0959 e. The van der Waals surface area contributed by atoms with Gasteiger partial charge in [0.25, 0.3) is 0 Å². The number of hydrogen-bond donors (Lipinski definition) is 1. The predicted octanol–water partition coefficient (Wildman–Crippen LogP) is 4.45. The fourth-order valence-corrected chi connectivity index (χ4v) is 6.43. The summed E-state index contributed by atoms with van der Waals surface area (Å²) in [5.74, 6) is 4.23. The molecule has 0 unspecified atom stereocenters. The van der Waals surface area contributed by atoms with Crippen molar-refractivity contribution in [1.29, 1.82) is 0 Å². The van der Waals surface area contributed by atoms with Crippen LogP contribution in [0.3, 0.4) is 0 Å². The molecule has 0 aromatic rings. The van der Waals surface area contributed by atoms with Crippen molar-refractivity contribution in [3.63, 3.8) is 0 Å². The molecule has 6 atom stereocenters. The maximum atomic E-state index is 10.5. The highest BCUT2D eigenvalue weighted by molar-refractivity contribution is 5.33. The largest absolute Gasteiger partial charge is 0.501 e. The Kier molecular flexibility index (Phi) is 3.45. The third-order valence-corrected chi connectivity index (χ3v) is 7.61. The van der Waals surface area contributed by atoms with Crippen LogP contribution >= 0.6 is 0 Å². The number of allylic oxidation sites excluding steroid dienone is 3. The van der Waals surface area contributed by atoms with Gasteiger partial charge in [0.05, 0.1) is 19.0 Å². The van der Waals surface area contributed by atoms with E-state index in [1.54, 1.807) is 18.3 Å². The van der Waals surface area contributed by atoms with Crippen LogP contribution in [-0.2, 0) is 4.74 Å². The van der Waals surface area contributed by atoms with Crippen molar-refractivity contribution in [1.82, 2.24) is 0 Å². The summed E-state index contributed by atoms with van der Waals surface area (Å²) < 4.78 is 5.50. The van der Waals surface area contributed by atoms with E-state index in [1.165, 1.54) is 31.4 Å². The molecule has 0 heterocycles. The zero-order valence-electron chi connectivity index (χ0n) is 14.3. The highest BCUT2D eigenvalue weighted by atomic mass is 16.5. The lowest BCUT2D eigenvalue weighted by atomic mass is 9.52. The Bertz CT molecular complexity index is 532. The van der Waals surface area contributed by atoms with Gasteiger partial charge in [-0.05, 0) is 73.7 Å². The van der Waals surface area contributed by atoms with E-state index in [4.69, 9.17) is 4.74 Å². The van der Waals surface area contributed by atoms with E-state index in [-0.39, 0.29) is 11.5 Å². The number of methoxy groups -OCH3 is 1. The first-order chi connectivity index (χ1) is 10.5. The fraction of sp³-hybridized carbons (Fsp3) is 0.800. The second-order valence-electron chi connectivity index (χ2n) is 8.49. The van der Waals surface area contributed by atoms with Crippen molar-refractivity contribution in [2.24, 2.45) is 29.1 Å². The minimum atomic E-state index is -0.0626. The lowest BCUT2D eigenvalue weighted by Gasteiger charge is -2.53. The first-order valence-electron chi connectivity index (χ1n) is 9.16. The van der Waals surface area contributed by atoms with Gasteiger partial charge in [0.2, 0.25) is 0 Å². The quantitative estimate of drug-likeness (QED) is 0.725. The molecule has 0 bridgehead atoms. The monoisotopic (exact) mass is 302 g/mol. The van der Waals surface area contributed by atoms with Gasteiger partial charge in [-0.15, -0.1) is 0 Å². The average Bonchev–Trinajstić information content (AvgIpc) is 2.82. The molecule has 0 amide bonds. The molecule has 0 saturated heterocycles. The highest BCUT2D eigenvalue weighted by Gasteiger charge is 2.56. The highest BCUT2D eigenvalue weighted by Crippen LogP contribution is 2.62. The summed E-state index contributed by atoms with van der Waals surface area (Å²) >= 11 is 0. The van der Waals surface area contributed by atoms with Gasteiger partial charge in [0.15, 0.2) is 0 Å². The van der Waals surface area contributed by atoms with Gasteiger partial charge < -0.3 is 9.84 Å².